The SMILES string of the molecule is COc1ccccc1OCCCN1CCCO[C@@H](C)C1. The van der Waals surface area contributed by atoms with Crippen LogP contribution in [-0.4, -0.2) is 51.0 Å². The van der Waals surface area contributed by atoms with Crippen molar-refractivity contribution >= 4 is 0 Å². The van der Waals surface area contributed by atoms with Crippen LogP contribution in [0.15, 0.2) is 24.3 Å². The quantitative estimate of drug-likeness (QED) is 0.749. The third kappa shape index (κ3) is 4.69. The summed E-state index contributed by atoms with van der Waals surface area (Å²) in [6.45, 7) is 6.95. The summed E-state index contributed by atoms with van der Waals surface area (Å²) in [4.78, 5) is 2.46. The predicted octanol–water partition coefficient (Wildman–Crippen LogP) is 2.57. The highest BCUT2D eigenvalue weighted by Gasteiger charge is 2.14. The Bertz CT molecular complexity index is 397. The lowest BCUT2D eigenvalue weighted by Crippen LogP contribution is -2.31. The van der Waals surface area contributed by atoms with E-state index in [1.807, 2.05) is 24.3 Å². The van der Waals surface area contributed by atoms with Crippen molar-refractivity contribution in [3.63, 3.8) is 0 Å². The average molecular weight is 279 g/mol. The molecule has 0 radical (unpaired) electrons. The first-order valence-corrected chi connectivity index (χ1v) is 7.39. The van der Waals surface area contributed by atoms with Gasteiger partial charge in [-0.15, -0.1) is 0 Å². The fourth-order valence-corrected chi connectivity index (χ4v) is 2.49. The van der Waals surface area contributed by atoms with Gasteiger partial charge in [-0.3, -0.25) is 0 Å². The van der Waals surface area contributed by atoms with Gasteiger partial charge in [0.25, 0.3) is 0 Å². The van der Waals surface area contributed by atoms with Gasteiger partial charge in [0.2, 0.25) is 0 Å². The summed E-state index contributed by atoms with van der Waals surface area (Å²) in [5.41, 5.74) is 0. The number of nitrogens with zero attached hydrogens (tertiary/aromatic N) is 1. The van der Waals surface area contributed by atoms with E-state index in [4.69, 9.17) is 14.2 Å². The van der Waals surface area contributed by atoms with Crippen molar-refractivity contribution in [2.45, 2.75) is 25.9 Å². The molecule has 4 nitrogen and oxygen atoms in total. The fraction of sp³-hybridized carbons (Fsp3) is 0.625. The second-order valence-electron chi connectivity index (χ2n) is 5.19. The largest absolute Gasteiger partial charge is 0.493 e. The van der Waals surface area contributed by atoms with Crippen LogP contribution < -0.4 is 9.47 Å². The number of hydrogen-bond acceptors (Lipinski definition) is 4. The highest BCUT2D eigenvalue weighted by molar-refractivity contribution is 5.39. The maximum atomic E-state index is 5.79. The molecule has 0 saturated carbocycles. The standard InChI is InChI=1S/C16H25NO3/c1-14-13-17(9-5-11-19-14)10-6-12-20-16-8-4-3-7-15(16)18-2/h3-4,7-8,14H,5-6,9-13H2,1-2H3/t14-/m0/s1. The van der Waals surface area contributed by atoms with Gasteiger partial charge in [-0.05, 0) is 31.9 Å². The summed E-state index contributed by atoms with van der Waals surface area (Å²) in [5.74, 6) is 1.62. The molecule has 1 atom stereocenters. The number of rotatable bonds is 6. The van der Waals surface area contributed by atoms with Gasteiger partial charge in [0.1, 0.15) is 0 Å². The van der Waals surface area contributed by atoms with Gasteiger partial charge in [-0.1, -0.05) is 12.1 Å². The van der Waals surface area contributed by atoms with Gasteiger partial charge < -0.3 is 19.1 Å². The van der Waals surface area contributed by atoms with Crippen LogP contribution in [0.1, 0.15) is 19.8 Å². The van der Waals surface area contributed by atoms with E-state index in [0.717, 1.165) is 50.6 Å². The maximum absolute atomic E-state index is 5.79. The molecule has 0 aromatic heterocycles. The molecule has 0 bridgehead atoms. The molecule has 0 amide bonds. The van der Waals surface area contributed by atoms with Gasteiger partial charge in [0.05, 0.1) is 19.8 Å². The molecule has 0 unspecified atom stereocenters. The van der Waals surface area contributed by atoms with Gasteiger partial charge in [0, 0.05) is 26.2 Å². The minimum absolute atomic E-state index is 0.340. The molecule has 1 saturated heterocycles. The van der Waals surface area contributed by atoms with Crippen LogP contribution in [-0.2, 0) is 4.74 Å². The Balaban J connectivity index is 1.70. The van der Waals surface area contributed by atoms with Gasteiger partial charge in [0.15, 0.2) is 11.5 Å². The van der Waals surface area contributed by atoms with E-state index in [1.54, 1.807) is 7.11 Å². The second kappa shape index (κ2) is 8.12. The number of methoxy groups -OCH3 is 1. The van der Waals surface area contributed by atoms with Crippen LogP contribution in [0.2, 0.25) is 0 Å². The Hall–Kier alpha value is -1.26. The molecule has 2 rings (SSSR count). The molecule has 20 heavy (non-hydrogen) atoms. The van der Waals surface area contributed by atoms with Gasteiger partial charge >= 0.3 is 0 Å². The molecule has 0 aliphatic carbocycles. The molecule has 4 heteroatoms. The van der Waals surface area contributed by atoms with E-state index in [1.165, 1.54) is 0 Å². The summed E-state index contributed by atoms with van der Waals surface area (Å²) in [6.07, 6.45) is 2.48. The van der Waals surface area contributed by atoms with Crippen molar-refractivity contribution in [2.75, 3.05) is 40.0 Å². The van der Waals surface area contributed by atoms with Gasteiger partial charge in [-0.25, -0.2) is 0 Å². The molecule has 1 fully saturated rings. The number of para-hydroxylation sites is 2. The fourth-order valence-electron chi connectivity index (χ4n) is 2.49. The Morgan fingerprint density at radius 2 is 2.10 bits per heavy atom. The van der Waals surface area contributed by atoms with Crippen molar-refractivity contribution in [2.24, 2.45) is 0 Å². The maximum Gasteiger partial charge on any atom is 0.161 e. The Kier molecular flexibility index (Phi) is 6.15. The summed E-state index contributed by atoms with van der Waals surface area (Å²) >= 11 is 0. The van der Waals surface area contributed by atoms with Crippen LogP contribution in [0.3, 0.4) is 0 Å². The molecular formula is C16H25NO3. The molecule has 0 spiro atoms. The highest BCUT2D eigenvalue weighted by Crippen LogP contribution is 2.25. The zero-order chi connectivity index (χ0) is 14.2. The number of benzene rings is 1. The monoisotopic (exact) mass is 279 g/mol. The van der Waals surface area contributed by atoms with Crippen LogP contribution in [0, 0.1) is 0 Å². The van der Waals surface area contributed by atoms with Crippen LogP contribution in [0.5, 0.6) is 11.5 Å². The normalized spacial score (nSPS) is 20.4. The van der Waals surface area contributed by atoms with Crippen molar-refractivity contribution in [1.29, 1.82) is 0 Å². The van der Waals surface area contributed by atoms with Crippen molar-refractivity contribution in [3.05, 3.63) is 24.3 Å². The summed E-state index contributed by atoms with van der Waals surface area (Å²) in [7, 11) is 1.67. The van der Waals surface area contributed by atoms with Crippen LogP contribution in [0.4, 0.5) is 0 Å². The zero-order valence-corrected chi connectivity index (χ0v) is 12.5. The van der Waals surface area contributed by atoms with Crippen molar-refractivity contribution in [1.82, 2.24) is 4.90 Å². The molecule has 1 aliphatic heterocycles. The minimum Gasteiger partial charge on any atom is -0.493 e. The molecular weight excluding hydrogens is 254 g/mol. The lowest BCUT2D eigenvalue weighted by molar-refractivity contribution is 0.0670. The lowest BCUT2D eigenvalue weighted by atomic mass is 10.3. The summed E-state index contributed by atoms with van der Waals surface area (Å²) in [5, 5.41) is 0. The Morgan fingerprint density at radius 3 is 2.90 bits per heavy atom. The smallest absolute Gasteiger partial charge is 0.161 e. The van der Waals surface area contributed by atoms with E-state index in [2.05, 4.69) is 11.8 Å². The van der Waals surface area contributed by atoms with Crippen molar-refractivity contribution < 1.29 is 14.2 Å². The van der Waals surface area contributed by atoms with E-state index >= 15 is 0 Å². The van der Waals surface area contributed by atoms with E-state index in [0.29, 0.717) is 12.7 Å². The third-order valence-electron chi connectivity index (χ3n) is 3.48. The third-order valence-corrected chi connectivity index (χ3v) is 3.48. The van der Waals surface area contributed by atoms with E-state index in [9.17, 15) is 0 Å². The molecule has 0 N–H and O–H groups in total. The molecule has 1 aromatic rings. The first-order valence-electron chi connectivity index (χ1n) is 7.39. The summed E-state index contributed by atoms with van der Waals surface area (Å²) in [6, 6.07) is 7.78. The first kappa shape index (κ1) is 15.1. The summed E-state index contributed by atoms with van der Waals surface area (Å²) < 4.78 is 16.7. The topological polar surface area (TPSA) is 30.9 Å². The van der Waals surface area contributed by atoms with Gasteiger partial charge in [-0.2, -0.15) is 0 Å². The first-order chi connectivity index (χ1) is 9.79. The minimum atomic E-state index is 0.340. The van der Waals surface area contributed by atoms with Crippen LogP contribution in [0.25, 0.3) is 0 Å². The van der Waals surface area contributed by atoms with Crippen molar-refractivity contribution in [3.8, 4) is 11.5 Å². The molecule has 1 aliphatic rings. The Labute approximate surface area is 121 Å². The highest BCUT2D eigenvalue weighted by atomic mass is 16.5. The molecule has 1 heterocycles. The Morgan fingerprint density at radius 1 is 1.30 bits per heavy atom. The lowest BCUT2D eigenvalue weighted by Gasteiger charge is -2.21. The van der Waals surface area contributed by atoms with E-state index in [-0.39, 0.29) is 0 Å². The number of ether oxygens (including phenoxy) is 3. The average Bonchev–Trinajstić information content (AvgIpc) is 2.68. The van der Waals surface area contributed by atoms with E-state index < -0.39 is 0 Å². The van der Waals surface area contributed by atoms with Crippen LogP contribution >= 0.6 is 0 Å². The number of hydrogen-bond donors (Lipinski definition) is 0. The second-order valence-corrected chi connectivity index (χ2v) is 5.19. The predicted molar refractivity (Wildman–Crippen MR) is 79.6 cm³/mol. The zero-order valence-electron chi connectivity index (χ0n) is 12.5. The molecule has 1 aromatic carbocycles. The molecule has 112 valence electrons.